The molecular weight excluding hydrogens is 308 g/mol. The molecule has 2 heterocycles. The van der Waals surface area contributed by atoms with Crippen LogP contribution in [0.25, 0.3) is 10.8 Å². The first kappa shape index (κ1) is 16.9. The van der Waals surface area contributed by atoms with Crippen LogP contribution in [0.3, 0.4) is 0 Å². The van der Waals surface area contributed by atoms with Crippen LogP contribution in [0.1, 0.15) is 0 Å². The number of hydrogen-bond donors (Lipinski definition) is 1. The predicted octanol–water partition coefficient (Wildman–Crippen LogP) is -0.0794. The maximum absolute atomic E-state index is 12.1. The van der Waals surface area contributed by atoms with Crippen molar-refractivity contribution in [3.63, 3.8) is 0 Å². The van der Waals surface area contributed by atoms with Crippen molar-refractivity contribution >= 4 is 10.8 Å². The number of aliphatic hydroxyl groups is 1. The van der Waals surface area contributed by atoms with Crippen LogP contribution < -0.4 is 10.3 Å². The molecule has 3 rings (SSSR count). The number of likely N-dealkylation sites (N-methyl/N-ethyl adjacent to an activating group) is 1. The molecular formula is C17H24N4O3. The average Bonchev–Trinajstić information content (AvgIpc) is 2.59. The van der Waals surface area contributed by atoms with Crippen molar-refractivity contribution < 1.29 is 9.84 Å². The highest BCUT2D eigenvalue weighted by Gasteiger charge is 2.18. The molecule has 0 spiro atoms. The summed E-state index contributed by atoms with van der Waals surface area (Å²) in [6.45, 7) is 4.67. The van der Waals surface area contributed by atoms with Gasteiger partial charge in [0.2, 0.25) is 5.88 Å². The molecule has 1 unspecified atom stereocenters. The van der Waals surface area contributed by atoms with Crippen LogP contribution in [0.5, 0.6) is 5.88 Å². The second kappa shape index (κ2) is 7.29. The van der Waals surface area contributed by atoms with Gasteiger partial charge in [-0.25, -0.2) is 4.68 Å². The molecule has 1 N–H and O–H groups in total. The summed E-state index contributed by atoms with van der Waals surface area (Å²) in [5.74, 6) is 0.380. The summed E-state index contributed by atoms with van der Waals surface area (Å²) in [4.78, 5) is 16.6. The molecule has 24 heavy (non-hydrogen) atoms. The quantitative estimate of drug-likeness (QED) is 0.826. The second-order valence-corrected chi connectivity index (χ2v) is 6.35. The first-order valence-corrected chi connectivity index (χ1v) is 8.22. The van der Waals surface area contributed by atoms with Crippen molar-refractivity contribution in [2.45, 2.75) is 6.10 Å². The lowest BCUT2D eigenvalue weighted by atomic mass is 10.2. The summed E-state index contributed by atoms with van der Waals surface area (Å²) in [6.07, 6.45) is -0.591. The molecule has 1 saturated heterocycles. The third-order valence-electron chi connectivity index (χ3n) is 4.40. The fourth-order valence-electron chi connectivity index (χ4n) is 2.93. The maximum Gasteiger partial charge on any atom is 0.274 e. The highest BCUT2D eigenvalue weighted by atomic mass is 16.5. The van der Waals surface area contributed by atoms with Gasteiger partial charge in [0.05, 0.1) is 10.8 Å². The van der Waals surface area contributed by atoms with Crippen LogP contribution in [0, 0.1) is 0 Å². The molecule has 1 aromatic carbocycles. The van der Waals surface area contributed by atoms with Gasteiger partial charge in [0.1, 0.15) is 12.7 Å². The lowest BCUT2D eigenvalue weighted by molar-refractivity contribution is 0.0492. The van der Waals surface area contributed by atoms with E-state index in [-0.39, 0.29) is 12.2 Å². The van der Waals surface area contributed by atoms with Crippen molar-refractivity contribution in [1.29, 1.82) is 0 Å². The van der Waals surface area contributed by atoms with E-state index in [0.29, 0.717) is 23.2 Å². The van der Waals surface area contributed by atoms with E-state index in [0.717, 1.165) is 26.2 Å². The molecule has 2 aromatic rings. The molecule has 1 aliphatic rings. The van der Waals surface area contributed by atoms with E-state index < -0.39 is 6.10 Å². The molecule has 1 aromatic heterocycles. The molecule has 1 fully saturated rings. The van der Waals surface area contributed by atoms with E-state index in [9.17, 15) is 9.90 Å². The topological polar surface area (TPSA) is 70.8 Å². The van der Waals surface area contributed by atoms with Crippen molar-refractivity contribution in [2.24, 2.45) is 7.05 Å². The van der Waals surface area contributed by atoms with Gasteiger partial charge >= 0.3 is 0 Å². The number of fused-ring (bicyclic) bond motifs is 1. The summed E-state index contributed by atoms with van der Waals surface area (Å²) < 4.78 is 6.99. The zero-order chi connectivity index (χ0) is 17.1. The first-order chi connectivity index (χ1) is 11.5. The van der Waals surface area contributed by atoms with Crippen molar-refractivity contribution in [1.82, 2.24) is 19.6 Å². The zero-order valence-electron chi connectivity index (χ0n) is 14.2. The molecule has 1 aliphatic heterocycles. The monoisotopic (exact) mass is 332 g/mol. The molecule has 0 aliphatic carbocycles. The van der Waals surface area contributed by atoms with Gasteiger partial charge in [0, 0.05) is 39.8 Å². The molecule has 0 radical (unpaired) electrons. The van der Waals surface area contributed by atoms with Crippen LogP contribution in [0.4, 0.5) is 0 Å². The summed E-state index contributed by atoms with van der Waals surface area (Å²) in [6, 6.07) is 7.23. The van der Waals surface area contributed by atoms with E-state index in [2.05, 4.69) is 21.9 Å². The third-order valence-corrected chi connectivity index (χ3v) is 4.40. The van der Waals surface area contributed by atoms with E-state index in [1.165, 1.54) is 4.68 Å². The molecule has 0 bridgehead atoms. The van der Waals surface area contributed by atoms with Gasteiger partial charge < -0.3 is 14.7 Å². The molecule has 7 heteroatoms. The van der Waals surface area contributed by atoms with Crippen LogP contribution in [0.2, 0.25) is 0 Å². The number of benzene rings is 1. The highest BCUT2D eigenvalue weighted by molar-refractivity contribution is 5.85. The van der Waals surface area contributed by atoms with Crippen LogP contribution in [-0.2, 0) is 7.05 Å². The van der Waals surface area contributed by atoms with Gasteiger partial charge in [-0.3, -0.25) is 9.69 Å². The van der Waals surface area contributed by atoms with Crippen molar-refractivity contribution in [3.05, 3.63) is 34.6 Å². The minimum absolute atomic E-state index is 0.154. The van der Waals surface area contributed by atoms with Crippen molar-refractivity contribution in [3.8, 4) is 5.88 Å². The normalized spacial score (nSPS) is 18.0. The van der Waals surface area contributed by atoms with Crippen LogP contribution in [0.15, 0.2) is 29.1 Å². The zero-order valence-corrected chi connectivity index (χ0v) is 14.2. The average molecular weight is 332 g/mol. The fourth-order valence-corrected chi connectivity index (χ4v) is 2.93. The lowest BCUT2D eigenvalue weighted by Crippen LogP contribution is -2.47. The van der Waals surface area contributed by atoms with E-state index in [4.69, 9.17) is 4.74 Å². The molecule has 1 atom stereocenters. The Balaban J connectivity index is 1.65. The number of aryl methyl sites for hydroxylation is 1. The molecule has 0 saturated carbocycles. The predicted molar refractivity (Wildman–Crippen MR) is 92.4 cm³/mol. The minimum atomic E-state index is -0.591. The Kier molecular flexibility index (Phi) is 5.13. The Hall–Kier alpha value is -1.96. The Labute approximate surface area is 141 Å². The standard InChI is InChI=1S/C17H24N4O3/c1-19-7-9-21(10-8-19)11-13(22)12-24-16-14-5-3-4-6-15(14)17(23)20(2)18-16/h3-6,13,22H,7-12H2,1-2H3. The summed E-state index contributed by atoms with van der Waals surface area (Å²) in [7, 11) is 3.70. The number of piperazine rings is 1. The number of aromatic nitrogens is 2. The van der Waals surface area contributed by atoms with Crippen LogP contribution in [-0.4, -0.2) is 77.2 Å². The largest absolute Gasteiger partial charge is 0.473 e. The Morgan fingerprint density at radius 2 is 1.83 bits per heavy atom. The molecule has 0 amide bonds. The smallest absolute Gasteiger partial charge is 0.274 e. The van der Waals surface area contributed by atoms with E-state index in [1.54, 1.807) is 13.1 Å². The van der Waals surface area contributed by atoms with Gasteiger partial charge in [0.25, 0.3) is 5.56 Å². The lowest BCUT2D eigenvalue weighted by Gasteiger charge is -2.33. The van der Waals surface area contributed by atoms with E-state index in [1.807, 2.05) is 18.2 Å². The molecule has 7 nitrogen and oxygen atoms in total. The Morgan fingerprint density at radius 3 is 2.54 bits per heavy atom. The number of aliphatic hydroxyl groups excluding tert-OH is 1. The van der Waals surface area contributed by atoms with Gasteiger partial charge in [0.15, 0.2) is 0 Å². The second-order valence-electron chi connectivity index (χ2n) is 6.35. The number of rotatable bonds is 5. The summed E-state index contributed by atoms with van der Waals surface area (Å²) in [5, 5.41) is 15.7. The number of hydrogen-bond acceptors (Lipinski definition) is 6. The Morgan fingerprint density at radius 1 is 1.17 bits per heavy atom. The van der Waals surface area contributed by atoms with Gasteiger partial charge in [-0.05, 0) is 19.2 Å². The third kappa shape index (κ3) is 3.75. The summed E-state index contributed by atoms with van der Waals surface area (Å²) in [5.41, 5.74) is -0.157. The van der Waals surface area contributed by atoms with E-state index >= 15 is 0 Å². The van der Waals surface area contributed by atoms with Gasteiger partial charge in [-0.1, -0.05) is 12.1 Å². The first-order valence-electron chi connectivity index (χ1n) is 8.22. The Bertz CT molecular complexity index is 753. The number of ether oxygens (including phenoxy) is 1. The van der Waals surface area contributed by atoms with Gasteiger partial charge in [-0.2, -0.15) is 0 Å². The minimum Gasteiger partial charge on any atom is -0.473 e. The summed E-state index contributed by atoms with van der Waals surface area (Å²) >= 11 is 0. The number of nitrogens with zero attached hydrogens (tertiary/aromatic N) is 4. The SMILES string of the molecule is CN1CCN(CC(O)COc2nn(C)c(=O)c3ccccc23)CC1. The van der Waals surface area contributed by atoms with Gasteiger partial charge in [-0.15, -0.1) is 5.10 Å². The van der Waals surface area contributed by atoms with Crippen molar-refractivity contribution in [2.75, 3.05) is 46.4 Å². The highest BCUT2D eigenvalue weighted by Crippen LogP contribution is 2.19. The number of β-amino-alcohol motifs (C(OH)–C–C–N with tert-alkyl or cyclic N) is 1. The van der Waals surface area contributed by atoms with Crippen LogP contribution >= 0.6 is 0 Å². The maximum atomic E-state index is 12.1. The fraction of sp³-hybridized carbons (Fsp3) is 0.529. The molecule has 130 valence electrons.